The van der Waals surface area contributed by atoms with Gasteiger partial charge in [0.05, 0.1) is 20.5 Å². The first kappa shape index (κ1) is 20.9. The normalized spacial score (nSPS) is 21.7. The maximum atomic E-state index is 12.8. The molecule has 1 atom stereocenters. The molecule has 0 N–H and O–H groups in total. The number of benzene rings is 1. The van der Waals surface area contributed by atoms with Gasteiger partial charge in [0.1, 0.15) is 6.04 Å². The molecule has 2 aliphatic rings. The third kappa shape index (κ3) is 4.59. The van der Waals surface area contributed by atoms with Crippen LogP contribution >= 0.6 is 0 Å². The number of hydrogen-bond acceptors (Lipinski definition) is 6. The van der Waals surface area contributed by atoms with Crippen molar-refractivity contribution < 1.29 is 22.7 Å². The zero-order valence-corrected chi connectivity index (χ0v) is 17.6. The first-order valence-corrected chi connectivity index (χ1v) is 11.4. The summed E-state index contributed by atoms with van der Waals surface area (Å²) in [6.45, 7) is 3.94. The summed E-state index contributed by atoms with van der Waals surface area (Å²) in [5.41, 5.74) is 1.12. The van der Waals surface area contributed by atoms with Crippen LogP contribution in [0.15, 0.2) is 18.2 Å². The smallest absolute Gasteiger partial charge is 0.241 e. The molecule has 2 aliphatic heterocycles. The van der Waals surface area contributed by atoms with Crippen LogP contribution in [0.25, 0.3) is 0 Å². The molecule has 0 aromatic heterocycles. The first-order chi connectivity index (χ1) is 13.3. The van der Waals surface area contributed by atoms with E-state index < -0.39 is 16.1 Å². The number of methoxy groups -OCH3 is 2. The van der Waals surface area contributed by atoms with E-state index in [1.165, 1.54) is 10.6 Å². The van der Waals surface area contributed by atoms with Crippen LogP contribution in [0.1, 0.15) is 18.4 Å². The third-order valence-electron chi connectivity index (χ3n) is 5.45. The topological polar surface area (TPSA) is 79.4 Å². The molecule has 2 saturated heterocycles. The number of rotatable bonds is 6. The van der Waals surface area contributed by atoms with Gasteiger partial charge >= 0.3 is 0 Å². The van der Waals surface area contributed by atoms with Gasteiger partial charge in [0.15, 0.2) is 11.5 Å². The van der Waals surface area contributed by atoms with Gasteiger partial charge < -0.3 is 14.4 Å². The van der Waals surface area contributed by atoms with E-state index >= 15 is 0 Å². The maximum absolute atomic E-state index is 12.8. The lowest BCUT2D eigenvalue weighted by molar-refractivity contribution is -0.136. The second kappa shape index (κ2) is 8.67. The Labute approximate surface area is 167 Å². The highest BCUT2D eigenvalue weighted by molar-refractivity contribution is 7.88. The minimum absolute atomic E-state index is 0.0614. The van der Waals surface area contributed by atoms with Gasteiger partial charge in [-0.2, -0.15) is 4.31 Å². The average Bonchev–Trinajstić information content (AvgIpc) is 3.18. The van der Waals surface area contributed by atoms with Crippen LogP contribution in [0, 0.1) is 0 Å². The van der Waals surface area contributed by atoms with Gasteiger partial charge in [-0.1, -0.05) is 6.07 Å². The van der Waals surface area contributed by atoms with Crippen LogP contribution in [-0.2, 0) is 21.4 Å². The van der Waals surface area contributed by atoms with Gasteiger partial charge in [0, 0.05) is 39.3 Å². The van der Waals surface area contributed by atoms with E-state index in [2.05, 4.69) is 4.90 Å². The Morgan fingerprint density at radius 1 is 1.07 bits per heavy atom. The zero-order chi connectivity index (χ0) is 20.3. The summed E-state index contributed by atoms with van der Waals surface area (Å²) < 4.78 is 35.8. The van der Waals surface area contributed by atoms with Crippen molar-refractivity contribution in [1.82, 2.24) is 14.1 Å². The monoisotopic (exact) mass is 411 g/mol. The highest BCUT2D eigenvalue weighted by Crippen LogP contribution is 2.28. The van der Waals surface area contributed by atoms with Crippen molar-refractivity contribution in [3.63, 3.8) is 0 Å². The van der Waals surface area contributed by atoms with Gasteiger partial charge in [0.25, 0.3) is 0 Å². The average molecular weight is 412 g/mol. The summed E-state index contributed by atoms with van der Waals surface area (Å²) in [4.78, 5) is 16.9. The number of nitrogens with zero attached hydrogens (tertiary/aromatic N) is 3. The minimum Gasteiger partial charge on any atom is -0.493 e. The maximum Gasteiger partial charge on any atom is 0.241 e. The standard InChI is InChI=1S/C19H29N3O5S/c1-26-17-7-6-15(13-18(17)27-2)14-20-9-11-21(12-10-20)19(23)16-5-4-8-22(16)28(3,24)25/h6-7,13,16H,4-5,8-12,14H2,1-3H3. The van der Waals surface area contributed by atoms with Crippen molar-refractivity contribution in [3.8, 4) is 11.5 Å². The highest BCUT2D eigenvalue weighted by Gasteiger charge is 2.39. The summed E-state index contributed by atoms with van der Waals surface area (Å²) in [5.74, 6) is 1.35. The minimum atomic E-state index is -3.35. The van der Waals surface area contributed by atoms with Crippen molar-refractivity contribution in [2.24, 2.45) is 0 Å². The van der Waals surface area contributed by atoms with Crippen molar-refractivity contribution in [3.05, 3.63) is 23.8 Å². The molecule has 9 heteroatoms. The SMILES string of the molecule is COc1ccc(CN2CCN(C(=O)C3CCCN3S(C)(=O)=O)CC2)cc1OC. The number of carbonyl (C=O) groups is 1. The summed E-state index contributed by atoms with van der Waals surface area (Å²) in [7, 11) is -0.112. The molecule has 1 aromatic rings. The Hall–Kier alpha value is -1.84. The van der Waals surface area contributed by atoms with Gasteiger partial charge in [-0.05, 0) is 30.5 Å². The second-order valence-corrected chi connectivity index (χ2v) is 9.26. The number of carbonyl (C=O) groups excluding carboxylic acids is 1. The Balaban J connectivity index is 1.57. The molecule has 1 unspecified atom stereocenters. The molecule has 0 radical (unpaired) electrons. The molecule has 0 spiro atoms. The van der Waals surface area contributed by atoms with Crippen molar-refractivity contribution in [2.45, 2.75) is 25.4 Å². The Kier molecular flexibility index (Phi) is 6.47. The van der Waals surface area contributed by atoms with E-state index in [0.717, 1.165) is 31.6 Å². The molecule has 156 valence electrons. The van der Waals surface area contributed by atoms with E-state index in [1.807, 2.05) is 18.2 Å². The van der Waals surface area contributed by atoms with Crippen LogP contribution in [0.4, 0.5) is 0 Å². The summed E-state index contributed by atoms with van der Waals surface area (Å²) in [5, 5.41) is 0. The largest absolute Gasteiger partial charge is 0.493 e. The molecule has 0 bridgehead atoms. The van der Waals surface area contributed by atoms with E-state index in [-0.39, 0.29) is 5.91 Å². The van der Waals surface area contributed by atoms with E-state index in [4.69, 9.17) is 9.47 Å². The Bertz CT molecular complexity index is 806. The molecule has 0 saturated carbocycles. The highest BCUT2D eigenvalue weighted by atomic mass is 32.2. The summed E-state index contributed by atoms with van der Waals surface area (Å²) >= 11 is 0. The molecule has 1 amide bonds. The van der Waals surface area contributed by atoms with E-state index in [1.54, 1.807) is 19.1 Å². The number of piperazine rings is 1. The fourth-order valence-electron chi connectivity index (χ4n) is 3.96. The summed E-state index contributed by atoms with van der Waals surface area (Å²) in [6, 6.07) is 5.35. The molecule has 0 aliphatic carbocycles. The van der Waals surface area contributed by atoms with Gasteiger partial charge in [-0.3, -0.25) is 9.69 Å². The summed E-state index contributed by atoms with van der Waals surface area (Å²) in [6.07, 6.45) is 2.53. The number of hydrogen-bond donors (Lipinski definition) is 0. The fourth-order valence-corrected chi connectivity index (χ4v) is 5.08. The fraction of sp³-hybridized carbons (Fsp3) is 0.632. The molecule has 3 rings (SSSR count). The van der Waals surface area contributed by atoms with Crippen molar-refractivity contribution >= 4 is 15.9 Å². The number of sulfonamides is 1. The van der Waals surface area contributed by atoms with Crippen LogP contribution in [0.2, 0.25) is 0 Å². The Morgan fingerprint density at radius 3 is 2.36 bits per heavy atom. The lowest BCUT2D eigenvalue weighted by Crippen LogP contribution is -2.54. The molecule has 2 fully saturated rings. The van der Waals surface area contributed by atoms with Crippen LogP contribution in [0.5, 0.6) is 11.5 Å². The van der Waals surface area contributed by atoms with Crippen LogP contribution < -0.4 is 9.47 Å². The van der Waals surface area contributed by atoms with Gasteiger partial charge in [-0.25, -0.2) is 8.42 Å². The molecule has 2 heterocycles. The molecular formula is C19H29N3O5S. The zero-order valence-electron chi connectivity index (χ0n) is 16.8. The lowest BCUT2D eigenvalue weighted by Gasteiger charge is -2.37. The second-order valence-electron chi connectivity index (χ2n) is 7.32. The van der Waals surface area contributed by atoms with Gasteiger partial charge in [-0.15, -0.1) is 0 Å². The predicted octanol–water partition coefficient (Wildman–Crippen LogP) is 0.772. The van der Waals surface area contributed by atoms with Gasteiger partial charge in [0.2, 0.25) is 15.9 Å². The molecule has 28 heavy (non-hydrogen) atoms. The van der Waals surface area contributed by atoms with Crippen molar-refractivity contribution in [2.75, 3.05) is 53.2 Å². The molecule has 1 aromatic carbocycles. The Morgan fingerprint density at radius 2 is 1.75 bits per heavy atom. The van der Waals surface area contributed by atoms with Crippen molar-refractivity contribution in [1.29, 1.82) is 0 Å². The van der Waals surface area contributed by atoms with Crippen LogP contribution in [-0.4, -0.2) is 87.7 Å². The van der Waals surface area contributed by atoms with Crippen LogP contribution in [0.3, 0.4) is 0 Å². The quantitative estimate of drug-likeness (QED) is 0.688. The number of ether oxygens (including phenoxy) is 2. The number of amides is 1. The first-order valence-electron chi connectivity index (χ1n) is 9.52. The third-order valence-corrected chi connectivity index (χ3v) is 6.74. The predicted molar refractivity (Wildman–Crippen MR) is 106 cm³/mol. The lowest BCUT2D eigenvalue weighted by atomic mass is 10.1. The van der Waals surface area contributed by atoms with E-state index in [9.17, 15) is 13.2 Å². The molecular weight excluding hydrogens is 382 g/mol. The van der Waals surface area contributed by atoms with E-state index in [0.29, 0.717) is 37.6 Å². The molecule has 8 nitrogen and oxygen atoms in total.